The lowest BCUT2D eigenvalue weighted by Crippen LogP contribution is -2.12. The molecule has 0 heterocycles. The summed E-state index contributed by atoms with van der Waals surface area (Å²) in [5, 5.41) is 0. The molecular weight excluding hydrogens is 392 g/mol. The summed E-state index contributed by atoms with van der Waals surface area (Å²) in [6.07, 6.45) is 11.8. The van der Waals surface area contributed by atoms with Crippen LogP contribution in [0.4, 0.5) is 0 Å². The van der Waals surface area contributed by atoms with Gasteiger partial charge in [0.15, 0.2) is 5.78 Å². The molecule has 0 saturated carbocycles. The SMILES string of the molecule is CCCCCCCC(=O)c1cc(OC(=O)CCCCC)ccc1OC(=O)CCCCC. The van der Waals surface area contributed by atoms with Gasteiger partial charge in [-0.15, -0.1) is 0 Å². The molecule has 0 amide bonds. The van der Waals surface area contributed by atoms with Gasteiger partial charge in [-0.3, -0.25) is 14.4 Å². The van der Waals surface area contributed by atoms with Gasteiger partial charge in [0.25, 0.3) is 0 Å². The molecule has 0 aliphatic heterocycles. The van der Waals surface area contributed by atoms with Crippen LogP contribution in [0.1, 0.15) is 121 Å². The van der Waals surface area contributed by atoms with Gasteiger partial charge in [-0.25, -0.2) is 0 Å². The molecule has 174 valence electrons. The lowest BCUT2D eigenvalue weighted by molar-refractivity contribution is -0.135. The molecule has 0 bridgehead atoms. The Morgan fingerprint density at radius 1 is 0.645 bits per heavy atom. The fraction of sp³-hybridized carbons (Fsp3) is 0.654. The Morgan fingerprint density at radius 3 is 1.77 bits per heavy atom. The molecule has 0 fully saturated rings. The molecule has 0 radical (unpaired) electrons. The summed E-state index contributed by atoms with van der Waals surface area (Å²) < 4.78 is 10.9. The summed E-state index contributed by atoms with van der Waals surface area (Å²) in [7, 11) is 0. The molecule has 0 atom stereocenters. The van der Waals surface area contributed by atoms with Crippen molar-refractivity contribution in [3.05, 3.63) is 23.8 Å². The molecule has 31 heavy (non-hydrogen) atoms. The third-order valence-electron chi connectivity index (χ3n) is 5.18. The van der Waals surface area contributed by atoms with E-state index in [0.717, 1.165) is 70.6 Å². The van der Waals surface area contributed by atoms with Crippen molar-refractivity contribution >= 4 is 17.7 Å². The number of carbonyl (C=O) groups excluding carboxylic acids is 3. The minimum absolute atomic E-state index is 0.0864. The first-order valence-electron chi connectivity index (χ1n) is 12.1. The van der Waals surface area contributed by atoms with Crippen molar-refractivity contribution in [3.63, 3.8) is 0 Å². The number of rotatable bonds is 17. The first-order valence-corrected chi connectivity index (χ1v) is 12.1. The van der Waals surface area contributed by atoms with Crippen LogP contribution in [0.25, 0.3) is 0 Å². The smallest absolute Gasteiger partial charge is 0.311 e. The molecular formula is C26H40O5. The van der Waals surface area contributed by atoms with E-state index in [2.05, 4.69) is 20.8 Å². The molecule has 5 heteroatoms. The van der Waals surface area contributed by atoms with E-state index in [1.807, 2.05) is 0 Å². The zero-order chi connectivity index (χ0) is 22.9. The highest BCUT2D eigenvalue weighted by Gasteiger charge is 2.18. The van der Waals surface area contributed by atoms with Crippen LogP contribution >= 0.6 is 0 Å². The third-order valence-corrected chi connectivity index (χ3v) is 5.18. The molecule has 5 nitrogen and oxygen atoms in total. The molecule has 0 aliphatic rings. The minimum Gasteiger partial charge on any atom is -0.427 e. The van der Waals surface area contributed by atoms with E-state index in [4.69, 9.17) is 9.47 Å². The average Bonchev–Trinajstić information content (AvgIpc) is 2.75. The van der Waals surface area contributed by atoms with Crippen molar-refractivity contribution in [1.82, 2.24) is 0 Å². The highest BCUT2D eigenvalue weighted by Crippen LogP contribution is 2.27. The number of Topliss-reactive ketones (excluding diaryl/α,β-unsaturated/α-hetero) is 1. The summed E-state index contributed by atoms with van der Waals surface area (Å²) in [6.45, 7) is 6.31. The highest BCUT2D eigenvalue weighted by atomic mass is 16.5. The Balaban J connectivity index is 2.85. The van der Waals surface area contributed by atoms with E-state index in [1.54, 1.807) is 18.2 Å². The summed E-state index contributed by atoms with van der Waals surface area (Å²) >= 11 is 0. The Hall–Kier alpha value is -2.17. The van der Waals surface area contributed by atoms with E-state index in [0.29, 0.717) is 30.6 Å². The Labute approximate surface area is 187 Å². The van der Waals surface area contributed by atoms with Crippen molar-refractivity contribution in [3.8, 4) is 11.5 Å². The van der Waals surface area contributed by atoms with Crippen molar-refractivity contribution < 1.29 is 23.9 Å². The minimum atomic E-state index is -0.338. The zero-order valence-electron chi connectivity index (χ0n) is 19.7. The second-order valence-electron chi connectivity index (χ2n) is 8.11. The van der Waals surface area contributed by atoms with Gasteiger partial charge in [0, 0.05) is 19.3 Å². The van der Waals surface area contributed by atoms with Crippen LogP contribution in [0.5, 0.6) is 11.5 Å². The molecule has 1 aromatic carbocycles. The number of esters is 2. The maximum atomic E-state index is 12.9. The number of hydrogen-bond donors (Lipinski definition) is 0. The lowest BCUT2D eigenvalue weighted by Gasteiger charge is -2.12. The van der Waals surface area contributed by atoms with E-state index in [9.17, 15) is 14.4 Å². The Morgan fingerprint density at radius 2 is 1.16 bits per heavy atom. The molecule has 1 rings (SSSR count). The summed E-state index contributed by atoms with van der Waals surface area (Å²) in [6, 6.07) is 4.70. The van der Waals surface area contributed by atoms with E-state index in [1.165, 1.54) is 0 Å². The molecule has 0 spiro atoms. The first kappa shape index (κ1) is 26.9. The van der Waals surface area contributed by atoms with Crippen LogP contribution in [0, 0.1) is 0 Å². The van der Waals surface area contributed by atoms with Crippen LogP contribution < -0.4 is 9.47 Å². The number of carbonyl (C=O) groups is 3. The van der Waals surface area contributed by atoms with Gasteiger partial charge in [-0.2, -0.15) is 0 Å². The van der Waals surface area contributed by atoms with Gasteiger partial charge in [0.05, 0.1) is 5.56 Å². The summed E-state index contributed by atoms with van der Waals surface area (Å²) in [4.78, 5) is 37.1. The predicted octanol–water partition coefficient (Wildman–Crippen LogP) is 7.20. The third kappa shape index (κ3) is 11.7. The Kier molecular flexibility index (Phi) is 14.3. The largest absolute Gasteiger partial charge is 0.427 e. The van der Waals surface area contributed by atoms with Gasteiger partial charge in [-0.1, -0.05) is 72.1 Å². The van der Waals surface area contributed by atoms with E-state index in [-0.39, 0.29) is 23.5 Å². The maximum Gasteiger partial charge on any atom is 0.311 e. The van der Waals surface area contributed by atoms with Crippen LogP contribution in [-0.2, 0) is 9.59 Å². The first-order chi connectivity index (χ1) is 15.0. The van der Waals surface area contributed by atoms with Gasteiger partial charge in [0.2, 0.25) is 0 Å². The van der Waals surface area contributed by atoms with Crippen molar-refractivity contribution in [2.75, 3.05) is 0 Å². The van der Waals surface area contributed by atoms with Crippen LogP contribution in [0.2, 0.25) is 0 Å². The number of unbranched alkanes of at least 4 members (excludes halogenated alkanes) is 8. The molecule has 1 aromatic rings. The number of ether oxygens (including phenoxy) is 2. The normalized spacial score (nSPS) is 10.7. The second kappa shape index (κ2) is 16.5. The van der Waals surface area contributed by atoms with Gasteiger partial charge in [-0.05, 0) is 37.5 Å². The number of hydrogen-bond acceptors (Lipinski definition) is 5. The zero-order valence-corrected chi connectivity index (χ0v) is 19.7. The molecule has 0 saturated heterocycles. The predicted molar refractivity (Wildman–Crippen MR) is 124 cm³/mol. The fourth-order valence-electron chi connectivity index (χ4n) is 3.30. The topological polar surface area (TPSA) is 69.7 Å². The van der Waals surface area contributed by atoms with Crippen LogP contribution in [0.15, 0.2) is 18.2 Å². The lowest BCUT2D eigenvalue weighted by atomic mass is 10.0. The number of ketones is 1. The molecule has 0 aliphatic carbocycles. The second-order valence-corrected chi connectivity index (χ2v) is 8.11. The monoisotopic (exact) mass is 432 g/mol. The van der Waals surface area contributed by atoms with Crippen molar-refractivity contribution in [2.45, 2.75) is 111 Å². The Bertz CT molecular complexity index is 680. The number of benzene rings is 1. The molecule has 0 N–H and O–H groups in total. The van der Waals surface area contributed by atoms with Crippen LogP contribution in [-0.4, -0.2) is 17.7 Å². The summed E-state index contributed by atoms with van der Waals surface area (Å²) in [5.74, 6) is -0.158. The quantitative estimate of drug-likeness (QED) is 0.113. The highest BCUT2D eigenvalue weighted by molar-refractivity contribution is 5.99. The van der Waals surface area contributed by atoms with Gasteiger partial charge >= 0.3 is 11.9 Å². The van der Waals surface area contributed by atoms with Crippen molar-refractivity contribution in [2.24, 2.45) is 0 Å². The standard InChI is InChI=1S/C26H40O5/c1-4-7-10-11-14-15-23(27)22-20-21(30-25(28)16-12-8-5-2)18-19-24(22)31-26(29)17-13-9-6-3/h18-20H,4-17H2,1-3H3. The fourth-order valence-corrected chi connectivity index (χ4v) is 3.30. The van der Waals surface area contributed by atoms with E-state index < -0.39 is 0 Å². The van der Waals surface area contributed by atoms with Crippen molar-refractivity contribution in [1.29, 1.82) is 0 Å². The van der Waals surface area contributed by atoms with Gasteiger partial charge < -0.3 is 9.47 Å². The summed E-state index contributed by atoms with van der Waals surface area (Å²) in [5.41, 5.74) is 0.318. The molecule has 0 aromatic heterocycles. The average molecular weight is 433 g/mol. The van der Waals surface area contributed by atoms with Crippen LogP contribution in [0.3, 0.4) is 0 Å². The van der Waals surface area contributed by atoms with Gasteiger partial charge in [0.1, 0.15) is 11.5 Å². The van der Waals surface area contributed by atoms with E-state index >= 15 is 0 Å². The maximum absolute atomic E-state index is 12.9. The molecule has 0 unspecified atom stereocenters.